The molecule has 1 atom stereocenters. The highest BCUT2D eigenvalue weighted by molar-refractivity contribution is 5.78. The van der Waals surface area contributed by atoms with Crippen LogP contribution in [0.3, 0.4) is 0 Å². The summed E-state index contributed by atoms with van der Waals surface area (Å²) in [4.78, 5) is 4.54. The van der Waals surface area contributed by atoms with E-state index in [1.165, 1.54) is 0 Å². The van der Waals surface area contributed by atoms with E-state index in [1.807, 2.05) is 49.5 Å². The van der Waals surface area contributed by atoms with Crippen LogP contribution in [0.15, 0.2) is 46.9 Å². The van der Waals surface area contributed by atoms with Crippen LogP contribution in [0, 0.1) is 0 Å². The zero-order valence-electron chi connectivity index (χ0n) is 12.2. The molecule has 1 aromatic heterocycles. The number of hydrogen-bond acceptors (Lipinski definition) is 5. The van der Waals surface area contributed by atoms with Crippen molar-refractivity contribution in [1.29, 1.82) is 0 Å². The summed E-state index contributed by atoms with van der Waals surface area (Å²) in [6, 6.07) is 13.6. The van der Waals surface area contributed by atoms with Gasteiger partial charge >= 0.3 is 0 Å². The van der Waals surface area contributed by atoms with Crippen molar-refractivity contribution in [2.24, 2.45) is 0 Å². The first-order valence-electron chi connectivity index (χ1n) is 7.25. The molecule has 1 aliphatic heterocycles. The van der Waals surface area contributed by atoms with Crippen LogP contribution in [-0.2, 0) is 4.74 Å². The molecule has 0 saturated carbocycles. The molecule has 0 amide bonds. The number of aromatic nitrogens is 1. The highest BCUT2D eigenvalue weighted by Gasteiger charge is 2.23. The van der Waals surface area contributed by atoms with E-state index in [4.69, 9.17) is 13.9 Å². The lowest BCUT2D eigenvalue weighted by Gasteiger charge is -2.02. The van der Waals surface area contributed by atoms with E-state index in [9.17, 15) is 0 Å². The lowest BCUT2D eigenvalue weighted by molar-refractivity contribution is 0.263. The van der Waals surface area contributed by atoms with Crippen molar-refractivity contribution >= 4 is 16.8 Å². The maximum absolute atomic E-state index is 5.81. The normalized spacial score (nSPS) is 16.7. The Labute approximate surface area is 127 Å². The molecule has 0 spiro atoms. The van der Waals surface area contributed by atoms with Crippen molar-refractivity contribution in [1.82, 2.24) is 4.98 Å². The van der Waals surface area contributed by atoms with E-state index < -0.39 is 0 Å². The summed E-state index contributed by atoms with van der Waals surface area (Å²) < 4.78 is 16.6. The summed E-state index contributed by atoms with van der Waals surface area (Å²) in [5.74, 6) is 1.40. The number of anilines is 1. The number of fused-ring (bicyclic) bond motifs is 1. The zero-order chi connectivity index (χ0) is 14.9. The summed E-state index contributed by atoms with van der Waals surface area (Å²) in [6.07, 6.45) is 0.245. The Kier molecular flexibility index (Phi) is 3.20. The molecule has 2 heterocycles. The molecule has 1 N–H and O–H groups in total. The average Bonchev–Trinajstić information content (AvgIpc) is 3.30. The van der Waals surface area contributed by atoms with Crippen LogP contribution < -0.4 is 10.1 Å². The third kappa shape index (κ3) is 2.63. The SMILES string of the molecule is CNc1ccc(-c2nc3cc(OC[C@H]4CO4)ccc3o2)cc1. The van der Waals surface area contributed by atoms with Crippen molar-refractivity contribution in [3.63, 3.8) is 0 Å². The molecule has 1 saturated heterocycles. The van der Waals surface area contributed by atoms with E-state index in [0.717, 1.165) is 34.7 Å². The van der Waals surface area contributed by atoms with Gasteiger partial charge in [-0.2, -0.15) is 0 Å². The van der Waals surface area contributed by atoms with Gasteiger partial charge in [-0.25, -0.2) is 4.98 Å². The van der Waals surface area contributed by atoms with Crippen LogP contribution >= 0.6 is 0 Å². The molecule has 4 rings (SSSR count). The highest BCUT2D eigenvalue weighted by Crippen LogP contribution is 2.28. The van der Waals surface area contributed by atoms with E-state index in [2.05, 4.69) is 10.3 Å². The Morgan fingerprint density at radius 3 is 2.77 bits per heavy atom. The Balaban J connectivity index is 1.60. The standard InChI is InChI=1S/C17H16N2O3/c1-18-12-4-2-11(3-5-12)17-19-15-8-13(6-7-16(15)22-17)20-9-14-10-21-14/h2-8,14,18H,9-10H2,1H3/t14-/m0/s1. The molecule has 0 bridgehead atoms. The number of rotatable bonds is 5. The number of nitrogens with zero attached hydrogens (tertiary/aromatic N) is 1. The maximum Gasteiger partial charge on any atom is 0.227 e. The number of hydrogen-bond donors (Lipinski definition) is 1. The van der Waals surface area contributed by atoms with Gasteiger partial charge in [0.05, 0.1) is 6.61 Å². The lowest BCUT2D eigenvalue weighted by atomic mass is 10.2. The zero-order valence-corrected chi connectivity index (χ0v) is 12.2. The number of oxazole rings is 1. The van der Waals surface area contributed by atoms with Crippen LogP contribution in [0.2, 0.25) is 0 Å². The highest BCUT2D eigenvalue weighted by atomic mass is 16.6. The third-order valence-electron chi connectivity index (χ3n) is 3.62. The van der Waals surface area contributed by atoms with Crippen molar-refractivity contribution in [2.75, 3.05) is 25.6 Å². The molecule has 5 nitrogen and oxygen atoms in total. The molecule has 2 aromatic carbocycles. The van der Waals surface area contributed by atoms with Gasteiger partial charge in [-0.1, -0.05) is 0 Å². The van der Waals surface area contributed by atoms with Crippen LogP contribution in [0.5, 0.6) is 5.75 Å². The van der Waals surface area contributed by atoms with Crippen molar-refractivity contribution < 1.29 is 13.9 Å². The van der Waals surface area contributed by atoms with Crippen molar-refractivity contribution in [2.45, 2.75) is 6.10 Å². The second-order valence-corrected chi connectivity index (χ2v) is 5.24. The Bertz CT molecular complexity index is 791. The number of epoxide rings is 1. The van der Waals surface area contributed by atoms with Crippen molar-refractivity contribution in [3.05, 3.63) is 42.5 Å². The molecule has 5 heteroatoms. The maximum atomic E-state index is 5.81. The second kappa shape index (κ2) is 5.35. The molecular formula is C17H16N2O3. The predicted molar refractivity (Wildman–Crippen MR) is 84.2 cm³/mol. The molecule has 0 radical (unpaired) electrons. The van der Waals surface area contributed by atoms with Gasteiger partial charge in [0.15, 0.2) is 5.58 Å². The van der Waals surface area contributed by atoms with Gasteiger partial charge in [0.25, 0.3) is 0 Å². The van der Waals surface area contributed by atoms with E-state index in [-0.39, 0.29) is 6.10 Å². The third-order valence-corrected chi connectivity index (χ3v) is 3.62. The Hall–Kier alpha value is -2.53. The smallest absolute Gasteiger partial charge is 0.227 e. The summed E-state index contributed by atoms with van der Waals surface area (Å²) in [7, 11) is 1.89. The predicted octanol–water partition coefficient (Wildman–Crippen LogP) is 3.31. The van der Waals surface area contributed by atoms with Crippen LogP contribution in [0.1, 0.15) is 0 Å². The van der Waals surface area contributed by atoms with Gasteiger partial charge in [-0.05, 0) is 36.4 Å². The number of ether oxygens (including phenoxy) is 2. The summed E-state index contributed by atoms with van der Waals surface area (Å²) in [5, 5.41) is 3.09. The topological polar surface area (TPSA) is 59.8 Å². The van der Waals surface area contributed by atoms with Crippen LogP contribution in [0.25, 0.3) is 22.6 Å². The molecule has 1 fully saturated rings. The molecule has 112 valence electrons. The molecule has 3 aromatic rings. The first-order chi connectivity index (χ1) is 10.8. The van der Waals surface area contributed by atoms with Crippen molar-refractivity contribution in [3.8, 4) is 17.2 Å². The first-order valence-corrected chi connectivity index (χ1v) is 7.25. The molecule has 0 unspecified atom stereocenters. The molecule has 0 aliphatic carbocycles. The number of nitrogens with one attached hydrogen (secondary N) is 1. The minimum atomic E-state index is 0.245. The van der Waals surface area contributed by atoms with Crippen LogP contribution in [-0.4, -0.2) is 31.3 Å². The second-order valence-electron chi connectivity index (χ2n) is 5.24. The molecular weight excluding hydrogens is 280 g/mol. The van der Waals surface area contributed by atoms with Gasteiger partial charge in [0.2, 0.25) is 5.89 Å². The summed E-state index contributed by atoms with van der Waals surface area (Å²) in [6.45, 7) is 1.38. The van der Waals surface area contributed by atoms with Gasteiger partial charge < -0.3 is 19.2 Å². The van der Waals surface area contributed by atoms with Gasteiger partial charge in [-0.3, -0.25) is 0 Å². The minimum absolute atomic E-state index is 0.245. The Morgan fingerprint density at radius 1 is 1.23 bits per heavy atom. The minimum Gasteiger partial charge on any atom is -0.491 e. The fourth-order valence-corrected chi connectivity index (χ4v) is 2.25. The molecule has 1 aliphatic rings. The molecule has 22 heavy (non-hydrogen) atoms. The van der Waals surface area contributed by atoms with Gasteiger partial charge in [-0.15, -0.1) is 0 Å². The van der Waals surface area contributed by atoms with Gasteiger partial charge in [0.1, 0.15) is 24.0 Å². The van der Waals surface area contributed by atoms with Crippen LogP contribution in [0.4, 0.5) is 5.69 Å². The summed E-state index contributed by atoms with van der Waals surface area (Å²) in [5.41, 5.74) is 3.55. The summed E-state index contributed by atoms with van der Waals surface area (Å²) >= 11 is 0. The first kappa shape index (κ1) is 13.2. The monoisotopic (exact) mass is 296 g/mol. The fraction of sp³-hybridized carbons (Fsp3) is 0.235. The van der Waals surface area contributed by atoms with E-state index >= 15 is 0 Å². The van der Waals surface area contributed by atoms with Gasteiger partial charge in [0, 0.05) is 24.4 Å². The fourth-order valence-electron chi connectivity index (χ4n) is 2.25. The average molecular weight is 296 g/mol. The number of benzene rings is 2. The largest absolute Gasteiger partial charge is 0.491 e. The van der Waals surface area contributed by atoms with E-state index in [1.54, 1.807) is 0 Å². The Morgan fingerprint density at radius 2 is 2.05 bits per heavy atom. The quantitative estimate of drug-likeness (QED) is 0.732. The lowest BCUT2D eigenvalue weighted by Crippen LogP contribution is -2.03. The van der Waals surface area contributed by atoms with E-state index in [0.29, 0.717) is 12.5 Å².